The molecular weight excluding hydrogens is 230 g/mol. The zero-order chi connectivity index (χ0) is 12.5. The third kappa shape index (κ3) is 1.88. The first-order chi connectivity index (χ1) is 8.72. The van der Waals surface area contributed by atoms with Crippen LogP contribution in [0.5, 0.6) is 0 Å². The second-order valence-electron chi connectivity index (χ2n) is 4.19. The number of nitrogens with zero attached hydrogens (tertiary/aromatic N) is 2. The number of aromatic amines is 1. The smallest absolute Gasteiger partial charge is 0.240 e. The average molecular weight is 243 g/mol. The van der Waals surface area contributed by atoms with Crippen LogP contribution in [0.15, 0.2) is 30.3 Å². The molecule has 18 heavy (non-hydrogen) atoms. The Morgan fingerprint density at radius 1 is 1.28 bits per heavy atom. The first kappa shape index (κ1) is 10.6. The summed E-state index contributed by atoms with van der Waals surface area (Å²) in [4.78, 5) is 11.1. The minimum Gasteiger partial charge on any atom is -0.382 e. The lowest BCUT2D eigenvalue weighted by atomic mass is 10.1. The van der Waals surface area contributed by atoms with Gasteiger partial charge in [0.05, 0.1) is 11.4 Å². The molecule has 6 nitrogen and oxygen atoms in total. The summed E-state index contributed by atoms with van der Waals surface area (Å²) in [6.07, 6.45) is 0.541. The van der Waals surface area contributed by atoms with Crippen LogP contribution < -0.4 is 16.2 Å². The van der Waals surface area contributed by atoms with Crippen molar-refractivity contribution in [3.05, 3.63) is 30.3 Å². The summed E-state index contributed by atoms with van der Waals surface area (Å²) >= 11 is 0. The highest BCUT2D eigenvalue weighted by atomic mass is 16.2. The molecule has 92 valence electrons. The number of H-pyrrole nitrogens is 1. The Balaban J connectivity index is 1.83. The van der Waals surface area contributed by atoms with E-state index >= 15 is 0 Å². The molecule has 0 aliphatic carbocycles. The summed E-state index contributed by atoms with van der Waals surface area (Å²) in [6, 6.07) is 9.63. The van der Waals surface area contributed by atoms with E-state index in [2.05, 4.69) is 15.6 Å². The number of rotatable bonds is 2. The van der Waals surface area contributed by atoms with Gasteiger partial charge in [-0.25, -0.2) is 0 Å². The second-order valence-corrected chi connectivity index (χ2v) is 4.19. The molecule has 1 fully saturated rings. The van der Waals surface area contributed by atoms with Gasteiger partial charge >= 0.3 is 0 Å². The van der Waals surface area contributed by atoms with E-state index in [1.54, 1.807) is 6.07 Å². The Kier molecular flexibility index (Phi) is 2.40. The van der Waals surface area contributed by atoms with Gasteiger partial charge in [-0.05, 0) is 17.7 Å². The standard InChI is InChI=1S/C12H13N5O/c13-11-7-10(14-15-11)8-1-3-9(4-2-8)17-6-5-12(18)16-17/h1-4,7H,5-6H2,(H,16,18)(H3,13,14,15). The highest BCUT2D eigenvalue weighted by Gasteiger charge is 2.18. The first-order valence-electron chi connectivity index (χ1n) is 5.71. The molecule has 1 amide bonds. The predicted octanol–water partition coefficient (Wildman–Crippen LogP) is 0.900. The fraction of sp³-hybridized carbons (Fsp3) is 0.167. The lowest BCUT2D eigenvalue weighted by Crippen LogP contribution is -2.32. The summed E-state index contributed by atoms with van der Waals surface area (Å²) in [6.45, 7) is 0.704. The van der Waals surface area contributed by atoms with Gasteiger partial charge in [-0.2, -0.15) is 5.10 Å². The van der Waals surface area contributed by atoms with Crippen LogP contribution in [0.1, 0.15) is 6.42 Å². The van der Waals surface area contributed by atoms with Crippen molar-refractivity contribution in [2.24, 2.45) is 0 Å². The molecule has 1 saturated heterocycles. The Bertz CT molecular complexity index is 574. The van der Waals surface area contributed by atoms with E-state index in [1.165, 1.54) is 0 Å². The number of nitrogen functional groups attached to an aromatic ring is 1. The van der Waals surface area contributed by atoms with E-state index in [-0.39, 0.29) is 5.91 Å². The van der Waals surface area contributed by atoms with Gasteiger partial charge in [-0.3, -0.25) is 20.3 Å². The van der Waals surface area contributed by atoms with Crippen molar-refractivity contribution in [2.45, 2.75) is 6.42 Å². The molecule has 1 aromatic carbocycles. The molecule has 1 aromatic heterocycles. The summed E-state index contributed by atoms with van der Waals surface area (Å²) in [5, 5.41) is 8.59. The lowest BCUT2D eigenvalue weighted by molar-refractivity contribution is -0.119. The number of benzene rings is 1. The zero-order valence-corrected chi connectivity index (χ0v) is 9.68. The fourth-order valence-electron chi connectivity index (χ4n) is 1.98. The summed E-state index contributed by atoms with van der Waals surface area (Å²) in [5.74, 6) is 0.529. The summed E-state index contributed by atoms with van der Waals surface area (Å²) in [7, 11) is 0. The van der Waals surface area contributed by atoms with Crippen LogP contribution >= 0.6 is 0 Å². The molecule has 0 atom stereocenters. The van der Waals surface area contributed by atoms with Crippen molar-refractivity contribution < 1.29 is 4.79 Å². The number of carbonyl (C=O) groups excluding carboxylic acids is 1. The van der Waals surface area contributed by atoms with Crippen molar-refractivity contribution in [3.8, 4) is 11.3 Å². The molecule has 0 radical (unpaired) electrons. The SMILES string of the molecule is Nc1cc(-c2ccc(N3CCC(=O)N3)cc2)[nH]n1. The average Bonchev–Trinajstić information content (AvgIpc) is 2.98. The molecule has 4 N–H and O–H groups in total. The molecule has 1 aliphatic heterocycles. The van der Waals surface area contributed by atoms with Gasteiger partial charge in [0.15, 0.2) is 0 Å². The Labute approximate surface area is 104 Å². The number of hydrogen-bond donors (Lipinski definition) is 3. The van der Waals surface area contributed by atoms with Crippen LogP contribution in [0.25, 0.3) is 11.3 Å². The van der Waals surface area contributed by atoms with Gasteiger partial charge in [0, 0.05) is 19.0 Å². The molecule has 3 rings (SSSR count). The molecule has 2 aromatic rings. The Morgan fingerprint density at radius 3 is 2.61 bits per heavy atom. The van der Waals surface area contributed by atoms with Crippen LogP contribution in [-0.2, 0) is 4.79 Å². The van der Waals surface area contributed by atoms with Crippen LogP contribution in [0, 0.1) is 0 Å². The maximum Gasteiger partial charge on any atom is 0.240 e. The molecule has 2 heterocycles. The van der Waals surface area contributed by atoms with Crippen molar-refractivity contribution in [1.82, 2.24) is 15.6 Å². The molecule has 0 unspecified atom stereocenters. The van der Waals surface area contributed by atoms with Gasteiger partial charge in [0.1, 0.15) is 5.82 Å². The van der Waals surface area contributed by atoms with Crippen molar-refractivity contribution in [2.75, 3.05) is 17.3 Å². The van der Waals surface area contributed by atoms with Crippen molar-refractivity contribution >= 4 is 17.4 Å². The largest absolute Gasteiger partial charge is 0.382 e. The monoisotopic (exact) mass is 243 g/mol. The minimum absolute atomic E-state index is 0.0559. The highest BCUT2D eigenvalue weighted by Crippen LogP contribution is 2.23. The normalized spacial score (nSPS) is 14.9. The van der Waals surface area contributed by atoms with Crippen molar-refractivity contribution in [1.29, 1.82) is 0 Å². The van der Waals surface area contributed by atoms with E-state index in [0.29, 0.717) is 18.8 Å². The first-order valence-corrected chi connectivity index (χ1v) is 5.71. The highest BCUT2D eigenvalue weighted by molar-refractivity contribution is 5.81. The molecule has 0 spiro atoms. The number of hydrogen-bond acceptors (Lipinski definition) is 4. The molecule has 0 bridgehead atoms. The number of nitrogens with one attached hydrogen (secondary N) is 2. The van der Waals surface area contributed by atoms with Gasteiger partial charge in [0.2, 0.25) is 5.91 Å². The predicted molar refractivity (Wildman–Crippen MR) is 68.5 cm³/mol. The van der Waals surface area contributed by atoms with Gasteiger partial charge in [-0.15, -0.1) is 0 Å². The summed E-state index contributed by atoms with van der Waals surface area (Å²) in [5.41, 5.74) is 11.2. The van der Waals surface area contributed by atoms with E-state index in [1.807, 2.05) is 29.3 Å². The number of anilines is 2. The van der Waals surface area contributed by atoms with E-state index in [9.17, 15) is 4.79 Å². The van der Waals surface area contributed by atoms with Gasteiger partial charge in [-0.1, -0.05) is 12.1 Å². The van der Waals surface area contributed by atoms with Crippen molar-refractivity contribution in [3.63, 3.8) is 0 Å². The quantitative estimate of drug-likeness (QED) is 0.731. The number of amides is 1. The Hall–Kier alpha value is -2.50. The topological polar surface area (TPSA) is 87.0 Å². The fourth-order valence-corrected chi connectivity index (χ4v) is 1.98. The van der Waals surface area contributed by atoms with Gasteiger partial charge < -0.3 is 5.73 Å². The third-order valence-electron chi connectivity index (χ3n) is 2.91. The minimum atomic E-state index is 0.0559. The van der Waals surface area contributed by atoms with Crippen LogP contribution in [0.2, 0.25) is 0 Å². The lowest BCUT2D eigenvalue weighted by Gasteiger charge is -2.17. The van der Waals surface area contributed by atoms with Crippen LogP contribution in [0.3, 0.4) is 0 Å². The van der Waals surface area contributed by atoms with Gasteiger partial charge in [0.25, 0.3) is 0 Å². The van der Waals surface area contributed by atoms with Crippen LogP contribution in [0.4, 0.5) is 11.5 Å². The van der Waals surface area contributed by atoms with Crippen LogP contribution in [-0.4, -0.2) is 22.6 Å². The summed E-state index contributed by atoms with van der Waals surface area (Å²) < 4.78 is 0. The maximum absolute atomic E-state index is 11.1. The molecule has 0 saturated carbocycles. The maximum atomic E-state index is 11.1. The molecular formula is C12H13N5O. The molecule has 6 heteroatoms. The second kappa shape index (κ2) is 4.06. The number of hydrazine groups is 1. The molecule has 1 aliphatic rings. The van der Waals surface area contributed by atoms with E-state index in [4.69, 9.17) is 5.73 Å². The van der Waals surface area contributed by atoms with E-state index in [0.717, 1.165) is 16.9 Å². The van der Waals surface area contributed by atoms with E-state index < -0.39 is 0 Å². The Morgan fingerprint density at radius 2 is 2.06 bits per heavy atom. The number of aromatic nitrogens is 2. The third-order valence-corrected chi connectivity index (χ3v) is 2.91. The number of carbonyl (C=O) groups is 1. The number of nitrogens with two attached hydrogens (primary N) is 1. The zero-order valence-electron chi connectivity index (χ0n) is 9.68.